The van der Waals surface area contributed by atoms with Gasteiger partial charge in [0.05, 0.1) is 0 Å². The summed E-state index contributed by atoms with van der Waals surface area (Å²) < 4.78 is 14.0. The van der Waals surface area contributed by atoms with Crippen LogP contribution in [-0.2, 0) is 0 Å². The van der Waals surface area contributed by atoms with E-state index in [1.165, 1.54) is 34.6 Å². The number of hydrogen-bond acceptors (Lipinski definition) is 10. The third-order valence-electron chi connectivity index (χ3n) is 3.51. The van der Waals surface area contributed by atoms with Crippen molar-refractivity contribution in [3.63, 3.8) is 0 Å². The van der Waals surface area contributed by atoms with Gasteiger partial charge in [-0.3, -0.25) is 0 Å². The third-order valence-corrected chi connectivity index (χ3v) is 35.5. The SMILES string of the molecule is CCC[CH2][Sn]([CH2]CCC)([S]c1nc(SC)ns1)[S]c1nc(SC)ns1. The standard InChI is InChI=1S/2C4H9.2C3H4N2S3.Sn/c2*1-3-4-2;2*1-7-2-4-3(6)8-5-2;/h2*1,3-4H2,2H3;2*1H3,(H,4,5,6);/q;;;;+2/p-2. The van der Waals surface area contributed by atoms with Crippen LogP contribution in [0.3, 0.4) is 0 Å². The molecular formula is C14H24N4S6Sn. The number of rotatable bonds is 12. The zero-order valence-electron chi connectivity index (χ0n) is 15.0. The molecule has 0 N–H and O–H groups in total. The van der Waals surface area contributed by atoms with Crippen LogP contribution in [0.15, 0.2) is 19.0 Å². The number of nitrogens with zero attached hydrogens (tertiary/aromatic N) is 4. The second-order valence-electron chi connectivity index (χ2n) is 5.42. The zero-order chi connectivity index (χ0) is 18.1. The van der Waals surface area contributed by atoms with Gasteiger partial charge >= 0.3 is 179 Å². The van der Waals surface area contributed by atoms with Gasteiger partial charge in [0.15, 0.2) is 0 Å². The molecule has 0 aliphatic rings. The second kappa shape index (κ2) is 12.0. The molecule has 140 valence electrons. The van der Waals surface area contributed by atoms with Crippen molar-refractivity contribution in [3.8, 4) is 0 Å². The van der Waals surface area contributed by atoms with Gasteiger partial charge in [-0.05, 0) is 0 Å². The Kier molecular flexibility index (Phi) is 10.9. The molecule has 11 heteroatoms. The average molecular weight is 559 g/mol. The number of unbranched alkanes of at least 4 members (excludes halogenated alkanes) is 2. The molecule has 2 aromatic heterocycles. The van der Waals surface area contributed by atoms with E-state index in [1.807, 2.05) is 12.5 Å². The van der Waals surface area contributed by atoms with Gasteiger partial charge in [-0.1, -0.05) is 0 Å². The summed E-state index contributed by atoms with van der Waals surface area (Å²) in [6.45, 7) is 4.58. The second-order valence-corrected chi connectivity index (χ2v) is 33.9. The fourth-order valence-corrected chi connectivity index (χ4v) is 40.4. The summed E-state index contributed by atoms with van der Waals surface area (Å²) in [5.41, 5.74) is 0. The minimum absolute atomic E-state index is 0.907. The molecule has 0 spiro atoms. The molecule has 0 saturated heterocycles. The maximum absolute atomic E-state index is 4.73. The van der Waals surface area contributed by atoms with Gasteiger partial charge in [-0.15, -0.1) is 0 Å². The molecule has 4 nitrogen and oxygen atoms in total. The topological polar surface area (TPSA) is 51.6 Å². The Hall–Kier alpha value is 1.32. The van der Waals surface area contributed by atoms with E-state index >= 15 is 0 Å². The first-order valence-corrected chi connectivity index (χ1v) is 24.9. The van der Waals surface area contributed by atoms with E-state index < -0.39 is 15.6 Å². The molecule has 0 unspecified atom stereocenters. The molecule has 2 heterocycles. The fraction of sp³-hybridized carbons (Fsp3) is 0.714. The quantitative estimate of drug-likeness (QED) is 0.209. The van der Waals surface area contributed by atoms with Crippen LogP contribution < -0.4 is 0 Å². The summed E-state index contributed by atoms with van der Waals surface area (Å²) in [6, 6.07) is 0. The maximum atomic E-state index is 4.73. The molecule has 0 radical (unpaired) electrons. The average Bonchev–Trinajstić information content (AvgIpc) is 3.27. The Balaban J connectivity index is 2.24. The summed E-state index contributed by atoms with van der Waals surface area (Å²) in [7, 11) is 4.20. The Bertz CT molecular complexity index is 580. The van der Waals surface area contributed by atoms with Gasteiger partial charge in [0.25, 0.3) is 0 Å². The summed E-state index contributed by atoms with van der Waals surface area (Å²) in [5.74, 6) is 0. The Morgan fingerprint density at radius 1 is 0.800 bits per heavy atom. The van der Waals surface area contributed by atoms with E-state index in [4.69, 9.17) is 9.97 Å². The van der Waals surface area contributed by atoms with Crippen molar-refractivity contribution in [3.05, 3.63) is 0 Å². The van der Waals surface area contributed by atoms with Crippen molar-refractivity contribution in [1.29, 1.82) is 0 Å². The van der Waals surface area contributed by atoms with E-state index in [1.54, 1.807) is 46.6 Å². The Morgan fingerprint density at radius 2 is 1.24 bits per heavy atom. The number of aromatic nitrogens is 4. The van der Waals surface area contributed by atoms with Gasteiger partial charge in [0.2, 0.25) is 0 Å². The van der Waals surface area contributed by atoms with Crippen LogP contribution >= 0.6 is 64.5 Å². The molecule has 0 aliphatic heterocycles. The Labute approximate surface area is 177 Å². The van der Waals surface area contributed by atoms with E-state index in [0.29, 0.717) is 0 Å². The zero-order valence-corrected chi connectivity index (χ0v) is 22.7. The summed E-state index contributed by atoms with van der Waals surface area (Å²) in [6.07, 6.45) is 9.21. The van der Waals surface area contributed by atoms with E-state index in [-0.39, 0.29) is 0 Å². The van der Waals surface area contributed by atoms with Crippen molar-refractivity contribution in [2.75, 3.05) is 12.5 Å². The van der Waals surface area contributed by atoms with E-state index in [9.17, 15) is 0 Å². The van der Waals surface area contributed by atoms with Crippen LogP contribution in [-0.4, -0.2) is 46.8 Å². The van der Waals surface area contributed by atoms with Crippen LogP contribution in [0.25, 0.3) is 0 Å². The normalized spacial score (nSPS) is 12.0. The number of hydrogen-bond donors (Lipinski definition) is 0. The predicted molar refractivity (Wildman–Crippen MR) is 120 cm³/mol. The summed E-state index contributed by atoms with van der Waals surface area (Å²) in [4.78, 5) is 9.46. The molecular weight excluding hydrogens is 535 g/mol. The minimum atomic E-state index is -2.58. The molecule has 0 bridgehead atoms. The van der Waals surface area contributed by atoms with Crippen LogP contribution in [0.2, 0.25) is 8.87 Å². The first-order valence-electron chi connectivity index (χ1n) is 8.28. The molecule has 2 rings (SSSR count). The molecule has 25 heavy (non-hydrogen) atoms. The predicted octanol–water partition coefficient (Wildman–Crippen LogP) is 6.76. The van der Waals surface area contributed by atoms with Crippen molar-refractivity contribution in [2.45, 2.75) is 67.4 Å². The molecule has 0 aromatic carbocycles. The molecule has 0 fully saturated rings. The van der Waals surface area contributed by atoms with Crippen molar-refractivity contribution >= 4 is 80.1 Å². The van der Waals surface area contributed by atoms with Crippen LogP contribution in [0.1, 0.15) is 39.5 Å². The Morgan fingerprint density at radius 3 is 1.56 bits per heavy atom. The first kappa shape index (κ1) is 22.6. The van der Waals surface area contributed by atoms with Crippen LogP contribution in [0.5, 0.6) is 0 Å². The number of thioether (sulfide) groups is 2. The van der Waals surface area contributed by atoms with E-state index in [0.717, 1.165) is 19.0 Å². The third kappa shape index (κ3) is 7.34. The van der Waals surface area contributed by atoms with Crippen LogP contribution in [0, 0.1) is 0 Å². The first-order chi connectivity index (χ1) is 12.1. The van der Waals surface area contributed by atoms with E-state index in [2.05, 4.69) is 40.5 Å². The molecule has 0 atom stereocenters. The van der Waals surface area contributed by atoms with Crippen molar-refractivity contribution < 1.29 is 0 Å². The van der Waals surface area contributed by atoms with Gasteiger partial charge in [-0.25, -0.2) is 0 Å². The summed E-state index contributed by atoms with van der Waals surface area (Å²) in [5, 5.41) is 1.81. The van der Waals surface area contributed by atoms with Gasteiger partial charge in [-0.2, -0.15) is 0 Å². The van der Waals surface area contributed by atoms with Crippen molar-refractivity contribution in [1.82, 2.24) is 18.7 Å². The molecule has 2 aromatic rings. The monoisotopic (exact) mass is 560 g/mol. The molecule has 0 saturated carbocycles. The van der Waals surface area contributed by atoms with Gasteiger partial charge in [0, 0.05) is 0 Å². The molecule has 0 aliphatic carbocycles. The van der Waals surface area contributed by atoms with Crippen molar-refractivity contribution in [2.24, 2.45) is 0 Å². The summed E-state index contributed by atoms with van der Waals surface area (Å²) >= 11 is 3.82. The fourth-order valence-electron chi connectivity index (χ4n) is 2.20. The van der Waals surface area contributed by atoms with Gasteiger partial charge in [0.1, 0.15) is 0 Å². The molecule has 0 amide bonds. The van der Waals surface area contributed by atoms with Gasteiger partial charge < -0.3 is 0 Å². The van der Waals surface area contributed by atoms with Crippen LogP contribution in [0.4, 0.5) is 0 Å².